The molecule has 2 saturated heterocycles. The van der Waals surface area contributed by atoms with Crippen molar-refractivity contribution >= 4 is 15.7 Å². The Hall–Kier alpha value is -1.74. The number of likely N-dealkylation sites (tertiary alicyclic amines) is 1. The number of carbonyl (C=O) groups is 1. The summed E-state index contributed by atoms with van der Waals surface area (Å²) in [5.74, 6) is -1.21. The van der Waals surface area contributed by atoms with Crippen LogP contribution < -0.4 is 4.74 Å². The Kier molecular flexibility index (Phi) is 4.97. The molecule has 2 fully saturated rings. The maximum atomic E-state index is 13.5. The number of carbonyl (C=O) groups excluding carboxylic acids is 1. The van der Waals surface area contributed by atoms with E-state index < -0.39 is 32.9 Å². The number of hydrogen-bond donors (Lipinski definition) is 0. The van der Waals surface area contributed by atoms with Crippen molar-refractivity contribution in [3.8, 4) is 5.88 Å². The number of hydrogen-bond acceptors (Lipinski definition) is 6. The fourth-order valence-corrected chi connectivity index (χ4v) is 4.04. The third-order valence-corrected chi connectivity index (χ3v) is 5.46. The summed E-state index contributed by atoms with van der Waals surface area (Å²) in [6.07, 6.45) is 4.01. The number of pyridine rings is 1. The molecule has 1 atom stereocenters. The van der Waals surface area contributed by atoms with Gasteiger partial charge in [0.15, 0.2) is 15.7 Å². The zero-order valence-electron chi connectivity index (χ0n) is 14.0. The predicted molar refractivity (Wildman–Crippen MR) is 87.4 cm³/mol. The molecule has 0 bridgehead atoms. The van der Waals surface area contributed by atoms with Gasteiger partial charge in [-0.25, -0.2) is 17.8 Å². The van der Waals surface area contributed by atoms with Crippen molar-refractivity contribution in [2.24, 2.45) is 5.92 Å². The standard InChI is InChI=1S/C16H21FN2O5S/c1-25(21,22)9-14(20)19-10-16(11-19)12(5-8-24-16)4-7-23-15-13(17)3-2-6-18-15/h2-3,6,12H,4-5,7-11H2,1H3. The molecule has 1 amide bonds. The second-order valence-corrected chi connectivity index (χ2v) is 8.79. The molecule has 1 aromatic heterocycles. The fourth-order valence-electron chi connectivity index (χ4n) is 3.41. The molecule has 1 spiro atoms. The summed E-state index contributed by atoms with van der Waals surface area (Å²) in [6, 6.07) is 2.79. The second-order valence-electron chi connectivity index (χ2n) is 6.65. The fraction of sp³-hybridized carbons (Fsp3) is 0.625. The average Bonchev–Trinajstić information content (AvgIpc) is 2.90. The number of halogens is 1. The topological polar surface area (TPSA) is 85.8 Å². The van der Waals surface area contributed by atoms with Crippen molar-refractivity contribution in [2.45, 2.75) is 18.4 Å². The summed E-state index contributed by atoms with van der Waals surface area (Å²) >= 11 is 0. The van der Waals surface area contributed by atoms with E-state index in [0.29, 0.717) is 32.7 Å². The van der Waals surface area contributed by atoms with Crippen molar-refractivity contribution < 1.29 is 27.1 Å². The first-order chi connectivity index (χ1) is 11.8. The number of sulfone groups is 1. The van der Waals surface area contributed by atoms with E-state index in [1.807, 2.05) is 0 Å². The quantitative estimate of drug-likeness (QED) is 0.729. The molecule has 3 rings (SSSR count). The highest BCUT2D eigenvalue weighted by atomic mass is 32.2. The lowest BCUT2D eigenvalue weighted by molar-refractivity contribution is -0.163. The average molecular weight is 372 g/mol. The van der Waals surface area contributed by atoms with Crippen molar-refractivity contribution in [3.05, 3.63) is 24.1 Å². The van der Waals surface area contributed by atoms with Gasteiger partial charge in [-0.2, -0.15) is 0 Å². The van der Waals surface area contributed by atoms with Crippen LogP contribution >= 0.6 is 0 Å². The molecule has 25 heavy (non-hydrogen) atoms. The number of nitrogens with zero attached hydrogens (tertiary/aromatic N) is 2. The first-order valence-corrected chi connectivity index (χ1v) is 10.2. The second kappa shape index (κ2) is 6.87. The summed E-state index contributed by atoms with van der Waals surface area (Å²) in [4.78, 5) is 17.3. The third kappa shape index (κ3) is 4.09. The molecule has 0 saturated carbocycles. The molecule has 3 heterocycles. The molecule has 9 heteroatoms. The van der Waals surface area contributed by atoms with Crippen molar-refractivity contribution in [1.82, 2.24) is 9.88 Å². The van der Waals surface area contributed by atoms with Gasteiger partial charge in [-0.05, 0) is 30.9 Å². The molecular formula is C16H21FN2O5S. The lowest BCUT2D eigenvalue weighted by Gasteiger charge is -2.50. The van der Waals surface area contributed by atoms with Gasteiger partial charge in [0.05, 0.1) is 19.7 Å². The van der Waals surface area contributed by atoms with Gasteiger partial charge in [-0.15, -0.1) is 0 Å². The van der Waals surface area contributed by atoms with E-state index >= 15 is 0 Å². The Morgan fingerprint density at radius 3 is 2.96 bits per heavy atom. The van der Waals surface area contributed by atoms with E-state index in [9.17, 15) is 17.6 Å². The highest BCUT2D eigenvalue weighted by molar-refractivity contribution is 7.91. The maximum absolute atomic E-state index is 13.5. The molecule has 0 N–H and O–H groups in total. The highest BCUT2D eigenvalue weighted by Gasteiger charge is 2.54. The summed E-state index contributed by atoms with van der Waals surface area (Å²) < 4.78 is 47.2. The largest absolute Gasteiger partial charge is 0.476 e. The first kappa shape index (κ1) is 18.1. The van der Waals surface area contributed by atoms with Gasteiger partial charge in [-0.3, -0.25) is 4.79 Å². The Balaban J connectivity index is 1.50. The molecule has 138 valence electrons. The number of ether oxygens (including phenoxy) is 2. The lowest BCUT2D eigenvalue weighted by Crippen LogP contribution is -2.66. The first-order valence-electron chi connectivity index (χ1n) is 8.12. The number of aromatic nitrogens is 1. The monoisotopic (exact) mass is 372 g/mol. The Morgan fingerprint density at radius 2 is 2.28 bits per heavy atom. The van der Waals surface area contributed by atoms with Crippen LogP contribution in [0.2, 0.25) is 0 Å². The van der Waals surface area contributed by atoms with Crippen LogP contribution in [0.25, 0.3) is 0 Å². The van der Waals surface area contributed by atoms with Gasteiger partial charge in [0.1, 0.15) is 11.4 Å². The lowest BCUT2D eigenvalue weighted by atomic mass is 9.79. The van der Waals surface area contributed by atoms with Gasteiger partial charge < -0.3 is 14.4 Å². The minimum atomic E-state index is -3.34. The van der Waals surface area contributed by atoms with Crippen LogP contribution in [0.3, 0.4) is 0 Å². The van der Waals surface area contributed by atoms with E-state index in [1.54, 1.807) is 0 Å². The SMILES string of the molecule is CS(=O)(=O)CC(=O)N1CC2(C1)OCCC2CCOc1ncccc1F. The molecular weight excluding hydrogens is 351 g/mol. The van der Waals surface area contributed by atoms with Crippen LogP contribution in [0.5, 0.6) is 5.88 Å². The summed E-state index contributed by atoms with van der Waals surface area (Å²) in [7, 11) is -3.34. The van der Waals surface area contributed by atoms with Gasteiger partial charge in [0, 0.05) is 19.1 Å². The van der Waals surface area contributed by atoms with Crippen molar-refractivity contribution in [2.75, 3.05) is 38.3 Å². The van der Waals surface area contributed by atoms with Crippen LogP contribution in [-0.4, -0.2) is 68.1 Å². The minimum Gasteiger partial charge on any atom is -0.476 e. The van der Waals surface area contributed by atoms with Crippen molar-refractivity contribution in [3.63, 3.8) is 0 Å². The van der Waals surface area contributed by atoms with Crippen LogP contribution in [-0.2, 0) is 19.4 Å². The van der Waals surface area contributed by atoms with E-state index in [2.05, 4.69) is 4.98 Å². The molecule has 7 nitrogen and oxygen atoms in total. The number of rotatable bonds is 6. The molecule has 1 aromatic rings. The van der Waals surface area contributed by atoms with Crippen molar-refractivity contribution in [1.29, 1.82) is 0 Å². The van der Waals surface area contributed by atoms with Crippen LogP contribution in [0.1, 0.15) is 12.8 Å². The smallest absolute Gasteiger partial charge is 0.250 e. The van der Waals surface area contributed by atoms with E-state index in [4.69, 9.17) is 9.47 Å². The van der Waals surface area contributed by atoms with Gasteiger partial charge in [0.2, 0.25) is 11.8 Å². The van der Waals surface area contributed by atoms with Gasteiger partial charge >= 0.3 is 0 Å². The van der Waals surface area contributed by atoms with Gasteiger partial charge in [-0.1, -0.05) is 0 Å². The highest BCUT2D eigenvalue weighted by Crippen LogP contribution is 2.41. The van der Waals surface area contributed by atoms with Gasteiger partial charge in [0.25, 0.3) is 0 Å². The van der Waals surface area contributed by atoms with Crippen LogP contribution in [0, 0.1) is 11.7 Å². The van der Waals surface area contributed by atoms with Crippen LogP contribution in [0.4, 0.5) is 4.39 Å². The summed E-state index contributed by atoms with van der Waals surface area (Å²) in [6.45, 7) is 1.69. The molecule has 1 unspecified atom stereocenters. The molecule has 0 aliphatic carbocycles. The van der Waals surface area contributed by atoms with E-state index in [1.165, 1.54) is 23.2 Å². The Morgan fingerprint density at radius 1 is 1.52 bits per heavy atom. The molecule has 2 aliphatic rings. The van der Waals surface area contributed by atoms with E-state index in [-0.39, 0.29) is 11.8 Å². The third-order valence-electron chi connectivity index (χ3n) is 4.69. The molecule has 0 radical (unpaired) electrons. The summed E-state index contributed by atoms with van der Waals surface area (Å²) in [5.41, 5.74) is -0.431. The number of amides is 1. The van der Waals surface area contributed by atoms with E-state index in [0.717, 1.165) is 12.7 Å². The predicted octanol–water partition coefficient (Wildman–Crippen LogP) is 0.652. The zero-order valence-corrected chi connectivity index (χ0v) is 14.8. The zero-order chi connectivity index (χ0) is 18.1. The molecule has 0 aromatic carbocycles. The van der Waals surface area contributed by atoms with Crippen LogP contribution in [0.15, 0.2) is 18.3 Å². The minimum absolute atomic E-state index is 0.0194. The summed E-state index contributed by atoms with van der Waals surface area (Å²) in [5, 5.41) is 0. The Labute approximate surface area is 146 Å². The Bertz CT molecular complexity index is 749. The normalized spacial score (nSPS) is 22.0. The maximum Gasteiger partial charge on any atom is 0.250 e. The molecule has 2 aliphatic heterocycles.